The molecule has 0 saturated carbocycles. The van der Waals surface area contributed by atoms with Gasteiger partial charge in [0.1, 0.15) is 0 Å². The molecule has 104 valence electrons. The van der Waals surface area contributed by atoms with Crippen molar-refractivity contribution in [3.05, 3.63) is 16.7 Å². The molecule has 2 rings (SSSR count). The van der Waals surface area contributed by atoms with Gasteiger partial charge in [-0.1, -0.05) is 11.6 Å². The Morgan fingerprint density at radius 2 is 2.32 bits per heavy atom. The molecule has 10 heteroatoms. The first-order valence-corrected chi connectivity index (χ1v) is 8.07. The van der Waals surface area contributed by atoms with Gasteiger partial charge in [0.15, 0.2) is 15.1 Å². The number of rotatable bonds is 5. The number of sulfonamides is 1. The lowest BCUT2D eigenvalue weighted by molar-refractivity contribution is -0.119. The summed E-state index contributed by atoms with van der Waals surface area (Å²) in [5.74, 6) is -0.409. The summed E-state index contributed by atoms with van der Waals surface area (Å²) in [6, 6.07) is 0. The Kier molecular flexibility index (Phi) is 4.09. The summed E-state index contributed by atoms with van der Waals surface area (Å²) >= 11 is 7.09. The number of amides is 1. The van der Waals surface area contributed by atoms with Crippen molar-refractivity contribution in [3.8, 4) is 0 Å². The molecule has 19 heavy (non-hydrogen) atoms. The molecule has 1 amide bonds. The summed E-state index contributed by atoms with van der Waals surface area (Å²) in [4.78, 5) is 15.7. The van der Waals surface area contributed by atoms with Crippen LogP contribution in [0.15, 0.2) is 16.6 Å². The van der Waals surface area contributed by atoms with Gasteiger partial charge in [-0.05, 0) is 6.92 Å². The van der Waals surface area contributed by atoms with E-state index in [1.54, 1.807) is 18.5 Å². The fourth-order valence-corrected chi connectivity index (χ4v) is 3.90. The van der Waals surface area contributed by atoms with Crippen LogP contribution < -0.4 is 10.0 Å². The Morgan fingerprint density at radius 1 is 1.58 bits per heavy atom. The highest BCUT2D eigenvalue weighted by Crippen LogP contribution is 2.24. The van der Waals surface area contributed by atoms with E-state index in [1.165, 1.54) is 15.7 Å². The second-order valence-electron chi connectivity index (χ2n) is 3.54. The Morgan fingerprint density at radius 3 is 3.00 bits per heavy atom. The molecule has 0 aliphatic heterocycles. The Balaban J connectivity index is 2.26. The molecule has 0 aliphatic rings. The SMILES string of the molecule is CCNC(=O)CNS(=O)(=O)c1c(Cl)nc2sccn12. The topological polar surface area (TPSA) is 92.6 Å². The molecule has 2 heterocycles. The lowest BCUT2D eigenvalue weighted by atomic mass is 10.6. The molecule has 2 N–H and O–H groups in total. The third-order valence-corrected chi connectivity index (χ3v) is 4.79. The maximum atomic E-state index is 12.1. The first-order valence-electron chi connectivity index (χ1n) is 5.33. The highest BCUT2D eigenvalue weighted by molar-refractivity contribution is 7.89. The van der Waals surface area contributed by atoms with Crippen molar-refractivity contribution in [2.75, 3.05) is 13.1 Å². The number of nitrogens with one attached hydrogen (secondary N) is 2. The summed E-state index contributed by atoms with van der Waals surface area (Å²) in [6.07, 6.45) is 1.56. The summed E-state index contributed by atoms with van der Waals surface area (Å²) in [5.41, 5.74) is 0. The van der Waals surface area contributed by atoms with Crippen LogP contribution in [0.4, 0.5) is 0 Å². The van der Waals surface area contributed by atoms with Crippen LogP contribution in [-0.2, 0) is 14.8 Å². The normalized spacial score (nSPS) is 11.9. The maximum Gasteiger partial charge on any atom is 0.260 e. The van der Waals surface area contributed by atoms with Gasteiger partial charge >= 0.3 is 0 Å². The van der Waals surface area contributed by atoms with Crippen molar-refractivity contribution >= 4 is 43.8 Å². The zero-order chi connectivity index (χ0) is 14.0. The van der Waals surface area contributed by atoms with Crippen LogP contribution in [0.2, 0.25) is 5.15 Å². The largest absolute Gasteiger partial charge is 0.355 e. The van der Waals surface area contributed by atoms with Crippen LogP contribution in [0.5, 0.6) is 0 Å². The van der Waals surface area contributed by atoms with Crippen molar-refractivity contribution < 1.29 is 13.2 Å². The molecule has 2 aromatic heterocycles. The summed E-state index contributed by atoms with van der Waals surface area (Å²) in [5, 5.41) is 3.91. The predicted molar refractivity (Wildman–Crippen MR) is 72.0 cm³/mol. The average molecular weight is 323 g/mol. The Hall–Kier alpha value is -1.16. The van der Waals surface area contributed by atoms with Crippen LogP contribution in [0.1, 0.15) is 6.92 Å². The zero-order valence-electron chi connectivity index (χ0n) is 9.88. The quantitative estimate of drug-likeness (QED) is 0.836. The minimum atomic E-state index is -3.89. The molecular weight excluding hydrogens is 312 g/mol. The number of likely N-dealkylation sites (N-methyl/N-ethyl adjacent to an activating group) is 1. The van der Waals surface area contributed by atoms with Crippen LogP contribution >= 0.6 is 22.9 Å². The minimum Gasteiger partial charge on any atom is -0.355 e. The monoisotopic (exact) mass is 322 g/mol. The van der Waals surface area contributed by atoms with Crippen molar-refractivity contribution in [1.82, 2.24) is 19.4 Å². The van der Waals surface area contributed by atoms with E-state index in [-0.39, 0.29) is 16.7 Å². The van der Waals surface area contributed by atoms with Crippen LogP contribution in [0.3, 0.4) is 0 Å². The molecule has 7 nitrogen and oxygen atoms in total. The molecule has 0 fully saturated rings. The first-order chi connectivity index (χ1) is 8.95. The van der Waals surface area contributed by atoms with Gasteiger partial charge in [0, 0.05) is 18.1 Å². The molecule has 2 aromatic rings. The molecule has 0 saturated heterocycles. The van der Waals surface area contributed by atoms with Crippen molar-refractivity contribution in [3.63, 3.8) is 0 Å². The van der Waals surface area contributed by atoms with Crippen molar-refractivity contribution in [2.45, 2.75) is 11.9 Å². The number of halogens is 1. The summed E-state index contributed by atoms with van der Waals surface area (Å²) < 4.78 is 27.8. The third kappa shape index (κ3) is 2.89. The van der Waals surface area contributed by atoms with E-state index in [4.69, 9.17) is 11.6 Å². The Bertz CT molecular complexity index is 706. The average Bonchev–Trinajstić information content (AvgIpc) is 2.86. The number of hydrogen-bond acceptors (Lipinski definition) is 5. The van der Waals surface area contributed by atoms with E-state index < -0.39 is 15.9 Å². The van der Waals surface area contributed by atoms with Gasteiger partial charge in [0.2, 0.25) is 5.91 Å². The number of nitrogens with zero attached hydrogens (tertiary/aromatic N) is 2. The molecule has 0 bridgehead atoms. The third-order valence-electron chi connectivity index (χ3n) is 2.23. The number of carbonyl (C=O) groups excluding carboxylic acids is 1. The second kappa shape index (κ2) is 5.45. The zero-order valence-corrected chi connectivity index (χ0v) is 12.3. The lowest BCUT2D eigenvalue weighted by Crippen LogP contribution is -2.37. The van der Waals surface area contributed by atoms with Gasteiger partial charge in [-0.15, -0.1) is 11.3 Å². The van der Waals surface area contributed by atoms with E-state index >= 15 is 0 Å². The van der Waals surface area contributed by atoms with E-state index in [1.807, 2.05) is 0 Å². The maximum absolute atomic E-state index is 12.1. The van der Waals surface area contributed by atoms with Gasteiger partial charge in [-0.25, -0.2) is 18.1 Å². The van der Waals surface area contributed by atoms with Crippen molar-refractivity contribution in [1.29, 1.82) is 0 Å². The lowest BCUT2D eigenvalue weighted by Gasteiger charge is -2.06. The van der Waals surface area contributed by atoms with Gasteiger partial charge in [-0.2, -0.15) is 0 Å². The number of carbonyl (C=O) groups is 1. The minimum absolute atomic E-state index is 0.116. The summed E-state index contributed by atoms with van der Waals surface area (Å²) in [6.45, 7) is 1.84. The smallest absolute Gasteiger partial charge is 0.260 e. The standard InChI is InChI=1S/C9H11ClN4O3S2/c1-2-11-6(15)5-12-19(16,17)8-7(10)13-9-14(8)3-4-18-9/h3-4,12H,2,5H2,1H3,(H,11,15). The number of imidazole rings is 1. The second-order valence-corrected chi connectivity index (χ2v) is 6.45. The van der Waals surface area contributed by atoms with E-state index in [0.29, 0.717) is 11.5 Å². The molecule has 0 spiro atoms. The van der Waals surface area contributed by atoms with Crippen LogP contribution in [0, 0.1) is 0 Å². The predicted octanol–water partition coefficient (Wildman–Crippen LogP) is 0.464. The fraction of sp³-hybridized carbons (Fsp3) is 0.333. The molecule has 0 aliphatic carbocycles. The first kappa shape index (κ1) is 14.3. The Labute approximate surface area is 118 Å². The van der Waals surface area contributed by atoms with E-state index in [0.717, 1.165) is 0 Å². The van der Waals surface area contributed by atoms with Crippen molar-refractivity contribution in [2.24, 2.45) is 0 Å². The molecule has 0 aromatic carbocycles. The number of fused-ring (bicyclic) bond motifs is 1. The number of aromatic nitrogens is 2. The number of thiazole rings is 1. The van der Waals surface area contributed by atoms with Crippen LogP contribution in [-0.4, -0.2) is 36.8 Å². The summed E-state index contributed by atoms with van der Waals surface area (Å²) in [7, 11) is -3.89. The van der Waals surface area contributed by atoms with Gasteiger partial charge in [-0.3, -0.25) is 9.20 Å². The molecule has 0 radical (unpaired) electrons. The molecular formula is C9H11ClN4O3S2. The van der Waals surface area contributed by atoms with Crippen LogP contribution in [0.25, 0.3) is 4.96 Å². The van der Waals surface area contributed by atoms with Gasteiger partial charge < -0.3 is 5.32 Å². The number of hydrogen-bond donors (Lipinski definition) is 2. The van der Waals surface area contributed by atoms with E-state index in [9.17, 15) is 13.2 Å². The molecule has 0 unspecified atom stereocenters. The van der Waals surface area contributed by atoms with Gasteiger partial charge in [0.05, 0.1) is 6.54 Å². The fourth-order valence-electron chi connectivity index (χ4n) is 1.47. The van der Waals surface area contributed by atoms with Gasteiger partial charge in [0.25, 0.3) is 10.0 Å². The molecule has 0 atom stereocenters. The van der Waals surface area contributed by atoms with E-state index in [2.05, 4.69) is 15.0 Å². The highest BCUT2D eigenvalue weighted by atomic mass is 35.5. The highest BCUT2D eigenvalue weighted by Gasteiger charge is 2.25.